The molecule has 0 amide bonds. The number of aromatic carboxylic acids is 1. The molecular formula is C16H21NO3. The van der Waals surface area contributed by atoms with Crippen LogP contribution in [0.15, 0.2) is 18.2 Å². The minimum absolute atomic E-state index is 0.465. The Morgan fingerprint density at radius 2 is 2.30 bits per heavy atom. The second kappa shape index (κ2) is 5.83. The van der Waals surface area contributed by atoms with Crippen molar-refractivity contribution in [2.75, 3.05) is 31.2 Å². The minimum Gasteiger partial charge on any atom is -0.478 e. The summed E-state index contributed by atoms with van der Waals surface area (Å²) in [5.41, 5.74) is 2.58. The smallest absolute Gasteiger partial charge is 0.336 e. The van der Waals surface area contributed by atoms with Crippen molar-refractivity contribution in [1.29, 1.82) is 0 Å². The van der Waals surface area contributed by atoms with Gasteiger partial charge in [-0.2, -0.15) is 0 Å². The van der Waals surface area contributed by atoms with Crippen molar-refractivity contribution in [3.8, 4) is 0 Å². The molecule has 1 aromatic rings. The Morgan fingerprint density at radius 1 is 1.40 bits per heavy atom. The van der Waals surface area contributed by atoms with E-state index in [4.69, 9.17) is 4.74 Å². The second-order valence-corrected chi connectivity index (χ2v) is 5.74. The number of hydrogen-bond acceptors (Lipinski definition) is 3. The average Bonchev–Trinajstić information content (AvgIpc) is 2.48. The normalized spacial score (nSPS) is 22.4. The van der Waals surface area contributed by atoms with E-state index in [0.717, 1.165) is 56.8 Å². The van der Waals surface area contributed by atoms with Gasteiger partial charge in [0.25, 0.3) is 0 Å². The first kappa shape index (κ1) is 13.4. The first-order valence-electron chi connectivity index (χ1n) is 7.43. The molecular weight excluding hydrogens is 254 g/mol. The number of hydrogen-bond donors (Lipinski definition) is 1. The number of carboxylic acids is 1. The third-order valence-electron chi connectivity index (χ3n) is 4.31. The van der Waals surface area contributed by atoms with Crippen LogP contribution in [0.5, 0.6) is 0 Å². The summed E-state index contributed by atoms with van der Waals surface area (Å²) in [4.78, 5) is 13.7. The quantitative estimate of drug-likeness (QED) is 0.921. The van der Waals surface area contributed by atoms with Gasteiger partial charge in [-0.25, -0.2) is 4.79 Å². The van der Waals surface area contributed by atoms with E-state index in [1.54, 1.807) is 6.07 Å². The Balaban J connectivity index is 1.82. The molecule has 0 spiro atoms. The minimum atomic E-state index is -0.815. The monoisotopic (exact) mass is 275 g/mol. The van der Waals surface area contributed by atoms with Gasteiger partial charge < -0.3 is 14.7 Å². The third-order valence-corrected chi connectivity index (χ3v) is 4.31. The van der Waals surface area contributed by atoms with E-state index >= 15 is 0 Å². The molecule has 1 fully saturated rings. The number of rotatable bonds is 3. The lowest BCUT2D eigenvalue weighted by molar-refractivity contribution is 0.0571. The molecule has 2 aliphatic rings. The van der Waals surface area contributed by atoms with Crippen molar-refractivity contribution in [2.24, 2.45) is 5.92 Å². The fourth-order valence-corrected chi connectivity index (χ4v) is 3.35. The molecule has 0 radical (unpaired) electrons. The first-order valence-corrected chi connectivity index (χ1v) is 7.43. The Morgan fingerprint density at radius 3 is 3.05 bits per heavy atom. The molecule has 1 saturated heterocycles. The van der Waals surface area contributed by atoms with Crippen molar-refractivity contribution in [3.63, 3.8) is 0 Å². The molecule has 0 aromatic heterocycles. The molecule has 4 heteroatoms. The zero-order valence-electron chi connectivity index (χ0n) is 11.7. The van der Waals surface area contributed by atoms with Crippen LogP contribution in [0, 0.1) is 5.92 Å². The zero-order chi connectivity index (χ0) is 13.9. The van der Waals surface area contributed by atoms with Gasteiger partial charge in [0.2, 0.25) is 0 Å². The molecule has 2 heterocycles. The van der Waals surface area contributed by atoms with Crippen LogP contribution in [0.4, 0.5) is 5.69 Å². The van der Waals surface area contributed by atoms with E-state index in [1.807, 2.05) is 6.07 Å². The van der Waals surface area contributed by atoms with Crippen LogP contribution in [0.3, 0.4) is 0 Å². The van der Waals surface area contributed by atoms with Gasteiger partial charge >= 0.3 is 5.97 Å². The highest BCUT2D eigenvalue weighted by atomic mass is 16.5. The van der Waals surface area contributed by atoms with Gasteiger partial charge in [0, 0.05) is 25.4 Å². The van der Waals surface area contributed by atoms with Crippen LogP contribution in [-0.2, 0) is 11.2 Å². The Labute approximate surface area is 119 Å². The first-order chi connectivity index (χ1) is 9.75. The van der Waals surface area contributed by atoms with Crippen molar-refractivity contribution < 1.29 is 14.6 Å². The van der Waals surface area contributed by atoms with Crippen molar-refractivity contribution in [2.45, 2.75) is 25.7 Å². The van der Waals surface area contributed by atoms with Crippen molar-refractivity contribution in [1.82, 2.24) is 0 Å². The maximum Gasteiger partial charge on any atom is 0.336 e. The second-order valence-electron chi connectivity index (χ2n) is 5.74. The zero-order valence-corrected chi connectivity index (χ0v) is 11.7. The van der Waals surface area contributed by atoms with E-state index in [-0.39, 0.29) is 0 Å². The molecule has 2 aliphatic heterocycles. The molecule has 1 unspecified atom stereocenters. The molecule has 0 saturated carbocycles. The Bertz CT molecular complexity index is 494. The van der Waals surface area contributed by atoms with E-state index in [1.165, 1.54) is 6.42 Å². The summed E-state index contributed by atoms with van der Waals surface area (Å²) in [5.74, 6) is -0.243. The Hall–Kier alpha value is -1.55. The molecule has 3 rings (SSSR count). The standard InChI is InChI=1S/C16H21NO3/c18-16(19)14-5-1-7-15-13(14)6-2-8-17(15)10-12-4-3-9-20-11-12/h1,5,7,12H,2-4,6,8-11H2,(H,18,19). The molecule has 0 bridgehead atoms. The summed E-state index contributed by atoms with van der Waals surface area (Å²) < 4.78 is 5.55. The molecule has 0 aliphatic carbocycles. The molecule has 1 N–H and O–H groups in total. The van der Waals surface area contributed by atoms with Gasteiger partial charge in [0.15, 0.2) is 0 Å². The number of benzene rings is 1. The highest BCUT2D eigenvalue weighted by molar-refractivity contribution is 5.91. The molecule has 4 nitrogen and oxygen atoms in total. The van der Waals surface area contributed by atoms with Gasteiger partial charge in [-0.3, -0.25) is 0 Å². The molecule has 1 aromatic carbocycles. The van der Waals surface area contributed by atoms with E-state index < -0.39 is 5.97 Å². The van der Waals surface area contributed by atoms with Gasteiger partial charge in [-0.1, -0.05) is 6.07 Å². The largest absolute Gasteiger partial charge is 0.478 e. The predicted molar refractivity (Wildman–Crippen MR) is 77.5 cm³/mol. The highest BCUT2D eigenvalue weighted by Gasteiger charge is 2.24. The summed E-state index contributed by atoms with van der Waals surface area (Å²) in [6.07, 6.45) is 4.26. The van der Waals surface area contributed by atoms with E-state index in [9.17, 15) is 9.90 Å². The van der Waals surface area contributed by atoms with Gasteiger partial charge in [-0.15, -0.1) is 0 Å². The van der Waals surface area contributed by atoms with Crippen LogP contribution in [0.2, 0.25) is 0 Å². The van der Waals surface area contributed by atoms with Crippen LogP contribution in [0.1, 0.15) is 35.2 Å². The van der Waals surface area contributed by atoms with Crippen LogP contribution >= 0.6 is 0 Å². The van der Waals surface area contributed by atoms with Crippen LogP contribution < -0.4 is 4.90 Å². The van der Waals surface area contributed by atoms with Crippen molar-refractivity contribution >= 4 is 11.7 Å². The summed E-state index contributed by atoms with van der Waals surface area (Å²) in [6.45, 7) is 3.73. The number of carbonyl (C=O) groups is 1. The summed E-state index contributed by atoms with van der Waals surface area (Å²) in [7, 11) is 0. The Kier molecular flexibility index (Phi) is 3.92. The third kappa shape index (κ3) is 2.66. The van der Waals surface area contributed by atoms with E-state index in [0.29, 0.717) is 11.5 Å². The van der Waals surface area contributed by atoms with Gasteiger partial charge in [0.1, 0.15) is 0 Å². The number of nitrogens with zero attached hydrogens (tertiary/aromatic N) is 1. The summed E-state index contributed by atoms with van der Waals surface area (Å²) in [6, 6.07) is 5.64. The van der Waals surface area contributed by atoms with Crippen LogP contribution in [-0.4, -0.2) is 37.4 Å². The fourth-order valence-electron chi connectivity index (χ4n) is 3.35. The number of ether oxygens (including phenoxy) is 1. The molecule has 1 atom stereocenters. The number of carboxylic acid groups (broad SMARTS) is 1. The van der Waals surface area contributed by atoms with Gasteiger partial charge in [-0.05, 0) is 49.3 Å². The van der Waals surface area contributed by atoms with Gasteiger partial charge in [0.05, 0.1) is 12.2 Å². The average molecular weight is 275 g/mol. The molecule has 20 heavy (non-hydrogen) atoms. The lowest BCUT2D eigenvalue weighted by Crippen LogP contribution is -2.37. The van der Waals surface area contributed by atoms with Crippen molar-refractivity contribution in [3.05, 3.63) is 29.3 Å². The highest BCUT2D eigenvalue weighted by Crippen LogP contribution is 2.31. The maximum absolute atomic E-state index is 11.3. The fraction of sp³-hybridized carbons (Fsp3) is 0.562. The molecule has 108 valence electrons. The maximum atomic E-state index is 11.3. The number of anilines is 1. The van der Waals surface area contributed by atoms with Crippen LogP contribution in [0.25, 0.3) is 0 Å². The summed E-state index contributed by atoms with van der Waals surface area (Å²) in [5, 5.41) is 9.31. The topological polar surface area (TPSA) is 49.8 Å². The van der Waals surface area contributed by atoms with E-state index in [2.05, 4.69) is 11.0 Å². The SMILES string of the molecule is O=C(O)c1cccc2c1CCCN2CC1CCCOC1. The lowest BCUT2D eigenvalue weighted by atomic mass is 9.94. The lowest BCUT2D eigenvalue weighted by Gasteiger charge is -2.35. The summed E-state index contributed by atoms with van der Waals surface area (Å²) >= 11 is 0. The number of fused-ring (bicyclic) bond motifs is 1. The predicted octanol–water partition coefficient (Wildman–Crippen LogP) is 2.56.